The first-order valence-electron chi connectivity index (χ1n) is 5.59. The Hall–Kier alpha value is -1.61. The van der Waals surface area contributed by atoms with Gasteiger partial charge in [0.05, 0.1) is 18.2 Å². The van der Waals surface area contributed by atoms with Gasteiger partial charge < -0.3 is 4.90 Å². The largest absolute Gasteiger partial charge is 0.344 e. The van der Waals surface area contributed by atoms with E-state index in [-0.39, 0.29) is 5.91 Å². The number of amides is 1. The third-order valence-corrected chi connectivity index (χ3v) is 3.10. The molecule has 5 nitrogen and oxygen atoms in total. The molecule has 0 aliphatic heterocycles. The number of aryl methyl sites for hydroxylation is 2. The van der Waals surface area contributed by atoms with Crippen molar-refractivity contribution in [2.45, 2.75) is 25.4 Å². The van der Waals surface area contributed by atoms with Crippen molar-refractivity contribution in [3.63, 3.8) is 0 Å². The Bertz CT molecular complexity index is 449. The monoisotopic (exact) mass is 264 g/mol. The molecule has 0 aliphatic carbocycles. The van der Waals surface area contributed by atoms with Crippen LogP contribution in [0.4, 0.5) is 0 Å². The third-order valence-electron chi connectivity index (χ3n) is 2.27. The lowest BCUT2D eigenvalue weighted by atomic mass is 10.4. The van der Waals surface area contributed by atoms with E-state index in [1.807, 2.05) is 26.0 Å². The van der Waals surface area contributed by atoms with E-state index in [0.29, 0.717) is 23.9 Å². The number of hydrogen-bond acceptors (Lipinski definition) is 5. The SMILES string of the molecule is Cc1cc(C)nc(SCC(=O)N(C)CCC#N)n1. The first-order chi connectivity index (χ1) is 8.52. The van der Waals surface area contributed by atoms with Gasteiger partial charge >= 0.3 is 0 Å². The van der Waals surface area contributed by atoms with Gasteiger partial charge in [-0.3, -0.25) is 4.79 Å². The number of nitriles is 1. The van der Waals surface area contributed by atoms with E-state index in [4.69, 9.17) is 5.26 Å². The Morgan fingerprint density at radius 2 is 2.06 bits per heavy atom. The molecule has 0 spiro atoms. The molecule has 1 rings (SSSR count). The standard InChI is InChI=1S/C12H16N4OS/c1-9-7-10(2)15-12(14-9)18-8-11(17)16(3)6-4-5-13/h7H,4,6,8H2,1-3H3. The minimum Gasteiger partial charge on any atom is -0.344 e. The number of hydrogen-bond donors (Lipinski definition) is 0. The summed E-state index contributed by atoms with van der Waals surface area (Å²) in [5, 5.41) is 9.07. The average Bonchev–Trinajstić information content (AvgIpc) is 2.31. The Kier molecular flexibility index (Phi) is 5.59. The summed E-state index contributed by atoms with van der Waals surface area (Å²) in [6, 6.07) is 3.91. The molecule has 18 heavy (non-hydrogen) atoms. The van der Waals surface area contributed by atoms with Gasteiger partial charge in [0, 0.05) is 25.0 Å². The molecule has 1 amide bonds. The molecule has 1 heterocycles. The van der Waals surface area contributed by atoms with Crippen LogP contribution >= 0.6 is 11.8 Å². The minimum absolute atomic E-state index is 0.0157. The molecule has 1 aromatic rings. The van der Waals surface area contributed by atoms with Gasteiger partial charge in [0.1, 0.15) is 0 Å². The normalized spacial score (nSPS) is 9.89. The highest BCUT2D eigenvalue weighted by molar-refractivity contribution is 7.99. The maximum Gasteiger partial charge on any atom is 0.232 e. The Labute approximate surface area is 111 Å². The van der Waals surface area contributed by atoms with E-state index in [9.17, 15) is 4.79 Å². The van der Waals surface area contributed by atoms with E-state index in [2.05, 4.69) is 9.97 Å². The number of nitrogens with zero attached hydrogens (tertiary/aromatic N) is 4. The number of thioether (sulfide) groups is 1. The molecule has 0 N–H and O–H groups in total. The summed E-state index contributed by atoms with van der Waals surface area (Å²) >= 11 is 1.32. The van der Waals surface area contributed by atoms with Gasteiger partial charge in [0.25, 0.3) is 0 Å². The minimum atomic E-state index is -0.0157. The highest BCUT2D eigenvalue weighted by Gasteiger charge is 2.10. The van der Waals surface area contributed by atoms with Gasteiger partial charge in [-0.05, 0) is 19.9 Å². The summed E-state index contributed by atoms with van der Waals surface area (Å²) in [6.45, 7) is 4.27. The van der Waals surface area contributed by atoms with Crippen molar-refractivity contribution in [3.8, 4) is 6.07 Å². The van der Waals surface area contributed by atoms with Gasteiger partial charge in [0.2, 0.25) is 5.91 Å². The van der Waals surface area contributed by atoms with Crippen molar-refractivity contribution in [3.05, 3.63) is 17.5 Å². The quantitative estimate of drug-likeness (QED) is 0.596. The summed E-state index contributed by atoms with van der Waals surface area (Å²) in [5.41, 5.74) is 1.80. The van der Waals surface area contributed by atoms with Crippen LogP contribution in [0.3, 0.4) is 0 Å². The van der Waals surface area contributed by atoms with Crippen LogP contribution in [-0.4, -0.2) is 40.1 Å². The summed E-state index contributed by atoms with van der Waals surface area (Å²) in [5.74, 6) is 0.281. The summed E-state index contributed by atoms with van der Waals surface area (Å²) < 4.78 is 0. The van der Waals surface area contributed by atoms with Crippen molar-refractivity contribution in [1.82, 2.24) is 14.9 Å². The summed E-state index contributed by atoms with van der Waals surface area (Å²) in [6.07, 6.45) is 0.354. The van der Waals surface area contributed by atoms with E-state index < -0.39 is 0 Å². The molecule has 0 unspecified atom stereocenters. The fourth-order valence-corrected chi connectivity index (χ4v) is 2.23. The summed E-state index contributed by atoms with van der Waals surface area (Å²) in [7, 11) is 1.70. The Morgan fingerprint density at radius 1 is 1.44 bits per heavy atom. The zero-order valence-corrected chi connectivity index (χ0v) is 11.6. The molecule has 6 heteroatoms. The lowest BCUT2D eigenvalue weighted by molar-refractivity contribution is -0.127. The smallest absolute Gasteiger partial charge is 0.232 e. The predicted molar refractivity (Wildman–Crippen MR) is 70.1 cm³/mol. The van der Waals surface area contributed by atoms with Gasteiger partial charge in [-0.2, -0.15) is 5.26 Å². The average molecular weight is 264 g/mol. The highest BCUT2D eigenvalue weighted by atomic mass is 32.2. The highest BCUT2D eigenvalue weighted by Crippen LogP contribution is 2.14. The van der Waals surface area contributed by atoms with Crippen LogP contribution in [0.25, 0.3) is 0 Å². The maximum atomic E-state index is 11.7. The van der Waals surface area contributed by atoms with Crippen molar-refractivity contribution >= 4 is 17.7 Å². The van der Waals surface area contributed by atoms with Gasteiger partial charge in [-0.15, -0.1) is 0 Å². The van der Waals surface area contributed by atoms with Gasteiger partial charge in [-0.1, -0.05) is 11.8 Å². The number of rotatable bonds is 5. The van der Waals surface area contributed by atoms with Crippen LogP contribution in [0.1, 0.15) is 17.8 Å². The Morgan fingerprint density at radius 3 is 2.61 bits per heavy atom. The first kappa shape index (κ1) is 14.5. The first-order valence-corrected chi connectivity index (χ1v) is 6.57. The molecule has 0 fully saturated rings. The molecule has 0 aromatic carbocycles. The van der Waals surface area contributed by atoms with Crippen molar-refractivity contribution in [2.24, 2.45) is 0 Å². The van der Waals surface area contributed by atoms with Crippen LogP contribution in [0.5, 0.6) is 0 Å². The van der Waals surface area contributed by atoms with Gasteiger partial charge in [-0.25, -0.2) is 9.97 Å². The molecule has 0 bridgehead atoms. The molecule has 0 saturated heterocycles. The molecule has 0 saturated carbocycles. The lowest BCUT2D eigenvalue weighted by Crippen LogP contribution is -2.29. The lowest BCUT2D eigenvalue weighted by Gasteiger charge is -2.14. The second-order valence-electron chi connectivity index (χ2n) is 3.95. The van der Waals surface area contributed by atoms with Crippen molar-refractivity contribution in [1.29, 1.82) is 5.26 Å². The topological polar surface area (TPSA) is 69.9 Å². The van der Waals surface area contributed by atoms with E-state index in [1.165, 1.54) is 11.8 Å². The summed E-state index contributed by atoms with van der Waals surface area (Å²) in [4.78, 5) is 21.8. The fraction of sp³-hybridized carbons (Fsp3) is 0.500. The molecular weight excluding hydrogens is 248 g/mol. The van der Waals surface area contributed by atoms with E-state index in [0.717, 1.165) is 11.4 Å². The molecule has 1 aromatic heterocycles. The van der Waals surface area contributed by atoms with E-state index >= 15 is 0 Å². The van der Waals surface area contributed by atoms with Crippen LogP contribution in [0.2, 0.25) is 0 Å². The molecule has 0 radical (unpaired) electrons. The fourth-order valence-electron chi connectivity index (χ4n) is 1.34. The van der Waals surface area contributed by atoms with Crippen molar-refractivity contribution in [2.75, 3.05) is 19.3 Å². The van der Waals surface area contributed by atoms with Crippen LogP contribution < -0.4 is 0 Å². The van der Waals surface area contributed by atoms with Crippen molar-refractivity contribution < 1.29 is 4.79 Å². The number of carbonyl (C=O) groups is 1. The van der Waals surface area contributed by atoms with Crippen LogP contribution in [0, 0.1) is 25.2 Å². The predicted octanol–water partition coefficient (Wildman–Crippen LogP) is 1.56. The molecule has 0 atom stereocenters. The zero-order valence-electron chi connectivity index (χ0n) is 10.8. The van der Waals surface area contributed by atoms with E-state index in [1.54, 1.807) is 11.9 Å². The zero-order chi connectivity index (χ0) is 13.5. The Balaban J connectivity index is 2.49. The third kappa shape index (κ3) is 4.72. The second-order valence-corrected chi connectivity index (χ2v) is 4.89. The molecule has 0 aliphatic rings. The maximum absolute atomic E-state index is 11.7. The van der Waals surface area contributed by atoms with Gasteiger partial charge in [0.15, 0.2) is 5.16 Å². The number of carbonyl (C=O) groups excluding carboxylic acids is 1. The van der Waals surface area contributed by atoms with Crippen LogP contribution in [0.15, 0.2) is 11.2 Å². The second kappa shape index (κ2) is 6.97. The molecular formula is C12H16N4OS. The number of aromatic nitrogens is 2. The molecule has 96 valence electrons. The van der Waals surface area contributed by atoms with Crippen LogP contribution in [-0.2, 0) is 4.79 Å².